The number of ketones is 1. The molecule has 0 radical (unpaired) electrons. The van der Waals surface area contributed by atoms with Crippen LogP contribution in [0.1, 0.15) is 58.4 Å². The molecule has 7 nitrogen and oxygen atoms in total. The second-order valence-corrected chi connectivity index (χ2v) is 9.83. The third kappa shape index (κ3) is 4.84. The van der Waals surface area contributed by atoms with Gasteiger partial charge in [0.25, 0.3) is 0 Å². The molecule has 0 bridgehead atoms. The van der Waals surface area contributed by atoms with Crippen molar-refractivity contribution in [2.45, 2.75) is 38.2 Å². The summed E-state index contributed by atoms with van der Waals surface area (Å²) in [5, 5.41) is 0. The van der Waals surface area contributed by atoms with Crippen molar-refractivity contribution in [3.8, 4) is 5.75 Å². The maximum absolute atomic E-state index is 13.3. The molecule has 4 unspecified atom stereocenters. The summed E-state index contributed by atoms with van der Waals surface area (Å²) < 4.78 is 10.5. The Labute approximate surface area is 221 Å². The molecular formula is C31H29NO6. The van der Waals surface area contributed by atoms with Gasteiger partial charge in [-0.3, -0.25) is 19.3 Å². The van der Waals surface area contributed by atoms with Gasteiger partial charge in [-0.15, -0.1) is 0 Å². The van der Waals surface area contributed by atoms with Crippen molar-refractivity contribution in [2.75, 3.05) is 12.0 Å². The quantitative estimate of drug-likeness (QED) is 0.246. The number of carbonyl (C=O) groups excluding carboxylic acids is 4. The van der Waals surface area contributed by atoms with Crippen LogP contribution >= 0.6 is 0 Å². The predicted molar refractivity (Wildman–Crippen MR) is 141 cm³/mol. The van der Waals surface area contributed by atoms with Gasteiger partial charge in [0.05, 0.1) is 30.2 Å². The van der Waals surface area contributed by atoms with Crippen molar-refractivity contribution in [3.05, 3.63) is 95.6 Å². The molecular weight excluding hydrogens is 482 g/mol. The summed E-state index contributed by atoms with van der Waals surface area (Å²) in [4.78, 5) is 53.1. The zero-order valence-electron chi connectivity index (χ0n) is 21.3. The molecule has 194 valence electrons. The molecule has 3 aromatic rings. The van der Waals surface area contributed by atoms with Crippen LogP contribution in [0.3, 0.4) is 0 Å². The van der Waals surface area contributed by atoms with Crippen molar-refractivity contribution in [1.29, 1.82) is 0 Å². The molecule has 0 spiro atoms. The van der Waals surface area contributed by atoms with Crippen molar-refractivity contribution in [1.82, 2.24) is 0 Å². The Bertz CT molecular complexity index is 1350. The normalized spacial score (nSPS) is 21.5. The predicted octanol–water partition coefficient (Wildman–Crippen LogP) is 5.20. The van der Waals surface area contributed by atoms with Crippen LogP contribution in [0.2, 0.25) is 0 Å². The summed E-state index contributed by atoms with van der Waals surface area (Å²) in [5.74, 6) is -1.12. The Morgan fingerprint density at radius 3 is 2.11 bits per heavy atom. The lowest BCUT2D eigenvalue weighted by atomic mass is 9.73. The Morgan fingerprint density at radius 2 is 1.45 bits per heavy atom. The summed E-state index contributed by atoms with van der Waals surface area (Å²) >= 11 is 0. The minimum atomic E-state index is -0.988. The van der Waals surface area contributed by atoms with Crippen LogP contribution in [0.15, 0.2) is 78.9 Å². The fraction of sp³-hybridized carbons (Fsp3) is 0.290. The average molecular weight is 512 g/mol. The minimum Gasteiger partial charge on any atom is -0.497 e. The number of esters is 1. The van der Waals surface area contributed by atoms with E-state index in [0.29, 0.717) is 29.8 Å². The first-order valence-corrected chi connectivity index (χ1v) is 12.8. The molecule has 1 saturated carbocycles. The molecule has 1 aliphatic heterocycles. The van der Waals surface area contributed by atoms with Gasteiger partial charge >= 0.3 is 5.97 Å². The Kier molecular flexibility index (Phi) is 7.09. The monoisotopic (exact) mass is 511 g/mol. The van der Waals surface area contributed by atoms with Gasteiger partial charge in [-0.25, -0.2) is 4.79 Å². The average Bonchev–Trinajstić information content (AvgIpc) is 3.21. The van der Waals surface area contributed by atoms with Gasteiger partial charge in [-0.1, -0.05) is 30.3 Å². The molecule has 5 rings (SSSR count). The fourth-order valence-corrected chi connectivity index (χ4v) is 5.48. The Morgan fingerprint density at radius 1 is 0.816 bits per heavy atom. The summed E-state index contributed by atoms with van der Waals surface area (Å²) in [5.41, 5.74) is 2.27. The number of benzene rings is 3. The van der Waals surface area contributed by atoms with Crippen molar-refractivity contribution < 1.29 is 28.7 Å². The number of Topliss-reactive ketones (excluding diaryl/α,β-unsaturated/α-hetero) is 1. The number of carbonyl (C=O) groups is 4. The first-order chi connectivity index (χ1) is 18.4. The van der Waals surface area contributed by atoms with Crippen molar-refractivity contribution >= 4 is 29.3 Å². The molecule has 2 fully saturated rings. The molecule has 0 N–H and O–H groups in total. The number of rotatable bonds is 7. The number of amides is 2. The lowest BCUT2D eigenvalue weighted by Gasteiger charge is -2.28. The van der Waals surface area contributed by atoms with Crippen LogP contribution < -0.4 is 9.64 Å². The third-order valence-electron chi connectivity index (χ3n) is 7.59. The van der Waals surface area contributed by atoms with E-state index in [2.05, 4.69) is 12.1 Å². The van der Waals surface area contributed by atoms with Crippen LogP contribution in [0.4, 0.5) is 5.69 Å². The van der Waals surface area contributed by atoms with E-state index in [1.165, 1.54) is 36.6 Å². The van der Waals surface area contributed by atoms with E-state index in [-0.39, 0.29) is 40.9 Å². The van der Waals surface area contributed by atoms with Gasteiger partial charge in [-0.2, -0.15) is 0 Å². The molecule has 38 heavy (non-hydrogen) atoms. The van der Waals surface area contributed by atoms with E-state index in [1.54, 1.807) is 36.4 Å². The number of anilines is 1. The van der Waals surface area contributed by atoms with Crippen LogP contribution in [0, 0.1) is 11.8 Å². The van der Waals surface area contributed by atoms with Crippen LogP contribution in [-0.2, 0) is 14.3 Å². The topological polar surface area (TPSA) is 90.0 Å². The smallest absolute Gasteiger partial charge is 0.338 e. The highest BCUT2D eigenvalue weighted by atomic mass is 16.5. The third-order valence-corrected chi connectivity index (χ3v) is 7.59. The second kappa shape index (κ2) is 10.6. The molecule has 3 aromatic carbocycles. The molecule has 1 saturated heterocycles. The lowest BCUT2D eigenvalue weighted by molar-refractivity contribution is -0.122. The Hall–Kier alpha value is -4.26. The maximum Gasteiger partial charge on any atom is 0.338 e. The number of nitrogens with zero attached hydrogens (tertiary/aromatic N) is 1. The first-order valence-electron chi connectivity index (χ1n) is 12.8. The highest BCUT2D eigenvalue weighted by Gasteiger charge is 2.50. The van der Waals surface area contributed by atoms with E-state index in [4.69, 9.17) is 9.47 Å². The van der Waals surface area contributed by atoms with Crippen LogP contribution in [-0.4, -0.2) is 36.8 Å². The van der Waals surface area contributed by atoms with E-state index >= 15 is 0 Å². The van der Waals surface area contributed by atoms with Crippen LogP contribution in [0.5, 0.6) is 5.75 Å². The lowest BCUT2D eigenvalue weighted by Crippen LogP contribution is -2.31. The van der Waals surface area contributed by atoms with Gasteiger partial charge in [-0.05, 0) is 86.2 Å². The van der Waals surface area contributed by atoms with Gasteiger partial charge in [0.1, 0.15) is 5.75 Å². The van der Waals surface area contributed by atoms with Gasteiger partial charge < -0.3 is 9.47 Å². The molecule has 1 aliphatic carbocycles. The van der Waals surface area contributed by atoms with E-state index < -0.39 is 12.1 Å². The number of hydrogen-bond donors (Lipinski definition) is 0. The summed E-state index contributed by atoms with van der Waals surface area (Å²) in [6.07, 6.45) is 1.21. The molecule has 1 heterocycles. The molecule has 2 amide bonds. The molecule has 0 aromatic heterocycles. The van der Waals surface area contributed by atoms with Gasteiger partial charge in [0.15, 0.2) is 6.10 Å². The van der Waals surface area contributed by atoms with Crippen LogP contribution in [0.25, 0.3) is 0 Å². The van der Waals surface area contributed by atoms with E-state index in [0.717, 1.165) is 6.42 Å². The van der Waals surface area contributed by atoms with Crippen molar-refractivity contribution in [2.24, 2.45) is 11.8 Å². The largest absolute Gasteiger partial charge is 0.497 e. The molecule has 2 aliphatic rings. The van der Waals surface area contributed by atoms with E-state index in [9.17, 15) is 19.2 Å². The maximum atomic E-state index is 13.3. The zero-order valence-corrected chi connectivity index (χ0v) is 21.3. The number of ether oxygens (including phenoxy) is 2. The fourth-order valence-electron chi connectivity index (χ4n) is 5.48. The summed E-state index contributed by atoms with van der Waals surface area (Å²) in [7, 11) is 1.54. The summed E-state index contributed by atoms with van der Waals surface area (Å²) in [6.45, 7) is 1.52. The Balaban J connectivity index is 1.24. The second-order valence-electron chi connectivity index (χ2n) is 9.83. The van der Waals surface area contributed by atoms with Crippen molar-refractivity contribution in [3.63, 3.8) is 0 Å². The minimum absolute atomic E-state index is 0.180. The van der Waals surface area contributed by atoms with Gasteiger partial charge in [0.2, 0.25) is 17.6 Å². The zero-order chi connectivity index (χ0) is 26.8. The standard InChI is InChI=1S/C31H29NO6/c1-19(28(33)21-10-15-25(37-2)16-11-21)38-31(36)22-8-13-24(14-9-22)32-29(34)26-17-12-23(18-27(26)30(32)35)20-6-4-3-5-7-20/h3-11,13-16,19,23,26-27H,12,17-18H2,1-2H3. The summed E-state index contributed by atoms with van der Waals surface area (Å²) in [6, 6.07) is 22.9. The molecule has 7 heteroatoms. The first kappa shape index (κ1) is 25.4. The SMILES string of the molecule is COc1ccc(C(=O)C(C)OC(=O)c2ccc(N3C(=O)C4CCC(c5ccccc5)CC4C3=O)cc2)cc1. The van der Waals surface area contributed by atoms with E-state index in [1.807, 2.05) is 18.2 Å². The number of hydrogen-bond acceptors (Lipinski definition) is 6. The number of methoxy groups -OCH3 is 1. The number of imide groups is 1. The van der Waals surface area contributed by atoms with Gasteiger partial charge in [0, 0.05) is 5.56 Å². The highest BCUT2D eigenvalue weighted by Crippen LogP contribution is 2.45. The number of fused-ring (bicyclic) bond motifs is 1. The highest BCUT2D eigenvalue weighted by molar-refractivity contribution is 6.22. The molecule has 4 atom stereocenters.